The lowest BCUT2D eigenvalue weighted by Crippen LogP contribution is -2.02. The molecule has 0 aliphatic heterocycles. The van der Waals surface area contributed by atoms with Crippen LogP contribution in [0.15, 0.2) is 18.2 Å². The summed E-state index contributed by atoms with van der Waals surface area (Å²) in [7, 11) is 0. The summed E-state index contributed by atoms with van der Waals surface area (Å²) in [6.45, 7) is 4.07. The van der Waals surface area contributed by atoms with Crippen LogP contribution in [-0.2, 0) is 4.79 Å². The number of aromatic nitrogens is 3. The first-order valence-electron chi connectivity index (χ1n) is 4.45. The van der Waals surface area contributed by atoms with Crippen LogP contribution in [0, 0.1) is 0 Å². The zero-order chi connectivity index (χ0) is 10.1. The molecule has 0 spiro atoms. The molecule has 14 heavy (non-hydrogen) atoms. The molecule has 0 aliphatic carbocycles. The molecule has 4 nitrogen and oxygen atoms in total. The average molecular weight is 188 g/mol. The number of carbonyl (C=O) groups excluding carboxylic acids is 1. The van der Waals surface area contributed by atoms with Crippen molar-refractivity contribution < 1.29 is 4.79 Å². The van der Waals surface area contributed by atoms with Gasteiger partial charge in [-0.25, -0.2) is 4.68 Å². The van der Waals surface area contributed by atoms with Crippen molar-refractivity contribution in [1.82, 2.24) is 15.0 Å². The summed E-state index contributed by atoms with van der Waals surface area (Å²) in [5.41, 5.74) is 2.19. The highest BCUT2D eigenvalue weighted by Crippen LogP contribution is 2.15. The molecule has 1 radical (unpaired) electrons. The van der Waals surface area contributed by atoms with Crippen LogP contribution in [0.5, 0.6) is 0 Å². The van der Waals surface area contributed by atoms with Gasteiger partial charge in [-0.05, 0) is 32.0 Å². The Bertz CT molecular complexity index is 473. The molecule has 0 aliphatic rings. The Hall–Kier alpha value is -1.71. The van der Waals surface area contributed by atoms with Crippen molar-refractivity contribution in [3.05, 3.63) is 23.8 Å². The van der Waals surface area contributed by atoms with Crippen molar-refractivity contribution in [2.24, 2.45) is 0 Å². The van der Waals surface area contributed by atoms with E-state index in [1.54, 1.807) is 12.1 Å². The van der Waals surface area contributed by atoms with Gasteiger partial charge in [-0.2, -0.15) is 0 Å². The predicted octanol–water partition coefficient (Wildman–Crippen LogP) is 1.47. The molecule has 0 amide bonds. The summed E-state index contributed by atoms with van der Waals surface area (Å²) in [6.07, 6.45) is 1.83. The van der Waals surface area contributed by atoms with Crippen LogP contribution >= 0.6 is 0 Å². The summed E-state index contributed by atoms with van der Waals surface area (Å²) in [5, 5.41) is 7.99. The molecule has 71 valence electrons. The highest BCUT2D eigenvalue weighted by Gasteiger charge is 2.07. The van der Waals surface area contributed by atoms with Gasteiger partial charge in [0.2, 0.25) is 6.29 Å². The van der Waals surface area contributed by atoms with Crippen molar-refractivity contribution >= 4 is 17.3 Å². The summed E-state index contributed by atoms with van der Waals surface area (Å²) in [5.74, 6) is 0. The van der Waals surface area contributed by atoms with E-state index in [2.05, 4.69) is 10.3 Å². The predicted molar refractivity (Wildman–Crippen MR) is 52.7 cm³/mol. The maximum atomic E-state index is 10.4. The van der Waals surface area contributed by atoms with Gasteiger partial charge >= 0.3 is 0 Å². The number of fused-ring (bicyclic) bond motifs is 1. The van der Waals surface area contributed by atoms with Crippen LogP contribution in [0.3, 0.4) is 0 Å². The fraction of sp³-hybridized carbons (Fsp3) is 0.300. The van der Waals surface area contributed by atoms with Crippen LogP contribution < -0.4 is 0 Å². The number of rotatable bonds is 2. The van der Waals surface area contributed by atoms with Crippen molar-refractivity contribution in [2.45, 2.75) is 19.9 Å². The highest BCUT2D eigenvalue weighted by atomic mass is 16.1. The number of benzene rings is 1. The van der Waals surface area contributed by atoms with Gasteiger partial charge in [0, 0.05) is 11.6 Å². The third-order valence-electron chi connectivity index (χ3n) is 2.08. The number of nitrogens with zero attached hydrogens (tertiary/aromatic N) is 3. The lowest BCUT2D eigenvalue weighted by Gasteiger charge is -2.04. The molecule has 2 rings (SSSR count). The van der Waals surface area contributed by atoms with E-state index in [0.29, 0.717) is 5.56 Å². The fourth-order valence-corrected chi connectivity index (χ4v) is 1.39. The Kier molecular flexibility index (Phi) is 2.04. The third kappa shape index (κ3) is 1.28. The van der Waals surface area contributed by atoms with Gasteiger partial charge in [-0.3, -0.25) is 4.79 Å². The summed E-state index contributed by atoms with van der Waals surface area (Å²) in [6, 6.07) is 5.52. The molecule has 1 heterocycles. The highest BCUT2D eigenvalue weighted by molar-refractivity contribution is 5.84. The second-order valence-corrected chi connectivity index (χ2v) is 3.43. The molecule has 0 unspecified atom stereocenters. The number of hydrogen-bond donors (Lipinski definition) is 0. The van der Waals surface area contributed by atoms with Gasteiger partial charge in [-0.15, -0.1) is 5.10 Å². The lowest BCUT2D eigenvalue weighted by molar-refractivity contribution is 0.530. The molecule has 1 aromatic carbocycles. The lowest BCUT2D eigenvalue weighted by atomic mass is 10.2. The van der Waals surface area contributed by atoms with E-state index in [0.717, 1.165) is 11.0 Å². The minimum atomic E-state index is 0.270. The van der Waals surface area contributed by atoms with E-state index >= 15 is 0 Å². The first kappa shape index (κ1) is 8.87. The summed E-state index contributed by atoms with van der Waals surface area (Å²) >= 11 is 0. The largest absolute Gasteiger partial charge is 0.285 e. The average Bonchev–Trinajstić information content (AvgIpc) is 2.59. The SMILES string of the molecule is CC(C)n1nnc2cc([C]=O)ccc21. The van der Waals surface area contributed by atoms with Crippen LogP contribution in [0.4, 0.5) is 0 Å². The molecule has 0 saturated heterocycles. The van der Waals surface area contributed by atoms with Crippen molar-refractivity contribution in [3.63, 3.8) is 0 Å². The van der Waals surface area contributed by atoms with E-state index in [1.165, 1.54) is 0 Å². The van der Waals surface area contributed by atoms with Crippen LogP contribution in [-0.4, -0.2) is 21.3 Å². The smallest absolute Gasteiger partial charge is 0.233 e. The second-order valence-electron chi connectivity index (χ2n) is 3.43. The molecule has 4 heteroatoms. The maximum absolute atomic E-state index is 10.4. The first-order chi connectivity index (χ1) is 6.72. The van der Waals surface area contributed by atoms with E-state index in [-0.39, 0.29) is 6.04 Å². The molecule has 0 saturated carbocycles. The number of hydrogen-bond acceptors (Lipinski definition) is 3. The Morgan fingerprint density at radius 1 is 1.43 bits per heavy atom. The van der Waals surface area contributed by atoms with Gasteiger partial charge in [0.1, 0.15) is 5.52 Å². The van der Waals surface area contributed by atoms with E-state index in [4.69, 9.17) is 0 Å². The minimum Gasteiger partial charge on any atom is -0.285 e. The van der Waals surface area contributed by atoms with Gasteiger partial charge in [-0.1, -0.05) is 5.21 Å². The molecule has 0 atom stereocenters. The topological polar surface area (TPSA) is 47.8 Å². The molecule has 1 aromatic heterocycles. The molecule has 0 bridgehead atoms. The minimum absolute atomic E-state index is 0.270. The van der Waals surface area contributed by atoms with Crippen molar-refractivity contribution in [2.75, 3.05) is 0 Å². The van der Waals surface area contributed by atoms with Gasteiger partial charge < -0.3 is 0 Å². The standard InChI is InChI=1S/C10H10N3O/c1-7(2)13-10-4-3-8(6-14)5-9(10)11-12-13/h3-5,7H,1-2H3. The zero-order valence-corrected chi connectivity index (χ0v) is 8.06. The Morgan fingerprint density at radius 2 is 2.21 bits per heavy atom. The summed E-state index contributed by atoms with van der Waals surface area (Å²) in [4.78, 5) is 10.4. The van der Waals surface area contributed by atoms with Gasteiger partial charge in [0.05, 0.1) is 5.52 Å². The Balaban J connectivity index is 2.65. The maximum Gasteiger partial charge on any atom is 0.233 e. The van der Waals surface area contributed by atoms with Crippen molar-refractivity contribution in [1.29, 1.82) is 0 Å². The van der Waals surface area contributed by atoms with E-state index in [9.17, 15) is 4.79 Å². The second kappa shape index (κ2) is 3.21. The molecular formula is C10H10N3O. The monoisotopic (exact) mass is 188 g/mol. The fourth-order valence-electron chi connectivity index (χ4n) is 1.39. The quantitative estimate of drug-likeness (QED) is 0.717. The Morgan fingerprint density at radius 3 is 2.86 bits per heavy atom. The molecular weight excluding hydrogens is 178 g/mol. The first-order valence-corrected chi connectivity index (χ1v) is 4.45. The van der Waals surface area contributed by atoms with Crippen LogP contribution in [0.1, 0.15) is 25.5 Å². The molecule has 0 fully saturated rings. The molecule has 2 aromatic rings. The normalized spacial score (nSPS) is 11.1. The molecule has 0 N–H and O–H groups in total. The van der Waals surface area contributed by atoms with E-state index in [1.807, 2.05) is 30.9 Å². The third-order valence-corrected chi connectivity index (χ3v) is 2.08. The zero-order valence-electron chi connectivity index (χ0n) is 8.06. The summed E-state index contributed by atoms with van der Waals surface area (Å²) < 4.78 is 1.82. The van der Waals surface area contributed by atoms with Gasteiger partial charge in [0.25, 0.3) is 0 Å². The van der Waals surface area contributed by atoms with Gasteiger partial charge in [0.15, 0.2) is 0 Å². The Labute approximate surface area is 81.5 Å². The van der Waals surface area contributed by atoms with Crippen LogP contribution in [0.25, 0.3) is 11.0 Å². The van der Waals surface area contributed by atoms with Crippen LogP contribution in [0.2, 0.25) is 0 Å². The van der Waals surface area contributed by atoms with E-state index < -0.39 is 0 Å². The van der Waals surface area contributed by atoms with Crippen molar-refractivity contribution in [3.8, 4) is 0 Å².